The Hall–Kier alpha value is -7.10. The fourth-order valence-corrected chi connectivity index (χ4v) is 7.49. The van der Waals surface area contributed by atoms with Gasteiger partial charge in [0, 0.05) is 27.5 Å². The molecule has 0 atom stereocenters. The van der Waals surface area contributed by atoms with E-state index in [-0.39, 0.29) is 0 Å². The molecule has 0 unspecified atom stereocenters. The zero-order chi connectivity index (χ0) is 35.1. The van der Waals surface area contributed by atoms with Crippen molar-refractivity contribution < 1.29 is 4.42 Å². The van der Waals surface area contributed by atoms with Gasteiger partial charge in [0.1, 0.15) is 11.2 Å². The van der Waals surface area contributed by atoms with Crippen molar-refractivity contribution in [2.24, 2.45) is 0 Å². The molecule has 3 nitrogen and oxygen atoms in total. The van der Waals surface area contributed by atoms with E-state index < -0.39 is 0 Å². The molecule has 0 radical (unpaired) electrons. The van der Waals surface area contributed by atoms with Crippen molar-refractivity contribution in [2.75, 3.05) is 0 Å². The summed E-state index contributed by atoms with van der Waals surface area (Å²) in [5.41, 5.74) is 13.3. The van der Waals surface area contributed by atoms with Crippen LogP contribution < -0.4 is 0 Å². The Morgan fingerprint density at radius 1 is 0.321 bits per heavy atom. The molecular weight excluding hydrogens is 645 g/mol. The molecule has 0 spiro atoms. The standard InChI is InChI=1S/C50H32N2O/c1-3-13-33(14-4-1)35-25-27-37(28-26-35)45-32-46(52-50(51-45)43-22-11-18-36-17-7-8-19-41(36)43)40-30-38(34-15-5-2-6-16-34)29-39(31-40)42-21-12-24-48-49(42)44-20-9-10-23-47(44)53-48/h1-32H. The van der Waals surface area contributed by atoms with Crippen LogP contribution in [0.5, 0.6) is 0 Å². The molecule has 0 aliphatic rings. The van der Waals surface area contributed by atoms with Crippen LogP contribution in [0.15, 0.2) is 199 Å². The minimum absolute atomic E-state index is 0.691. The minimum atomic E-state index is 0.691. The van der Waals surface area contributed by atoms with E-state index in [0.29, 0.717) is 5.82 Å². The molecule has 0 N–H and O–H groups in total. The lowest BCUT2D eigenvalue weighted by molar-refractivity contribution is 0.669. The maximum atomic E-state index is 6.32. The highest BCUT2D eigenvalue weighted by molar-refractivity contribution is 6.12. The van der Waals surface area contributed by atoms with Gasteiger partial charge in [0.2, 0.25) is 0 Å². The van der Waals surface area contributed by atoms with Crippen molar-refractivity contribution >= 4 is 32.7 Å². The number of nitrogens with zero attached hydrogens (tertiary/aromatic N) is 2. The molecule has 0 aliphatic carbocycles. The van der Waals surface area contributed by atoms with Crippen LogP contribution in [0.4, 0.5) is 0 Å². The second-order valence-corrected chi connectivity index (χ2v) is 13.4. The summed E-state index contributed by atoms with van der Waals surface area (Å²) in [5, 5.41) is 4.49. The number of furan rings is 1. The Labute approximate surface area is 307 Å². The van der Waals surface area contributed by atoms with Crippen molar-refractivity contribution in [3.63, 3.8) is 0 Å². The van der Waals surface area contributed by atoms with E-state index in [1.54, 1.807) is 0 Å². The predicted molar refractivity (Wildman–Crippen MR) is 219 cm³/mol. The van der Waals surface area contributed by atoms with Crippen LogP contribution in [0, 0.1) is 0 Å². The highest BCUT2D eigenvalue weighted by atomic mass is 16.3. The van der Waals surface area contributed by atoms with Crippen LogP contribution in [0.2, 0.25) is 0 Å². The molecule has 0 amide bonds. The van der Waals surface area contributed by atoms with E-state index in [2.05, 4.69) is 176 Å². The van der Waals surface area contributed by atoms with Crippen molar-refractivity contribution in [2.45, 2.75) is 0 Å². The number of fused-ring (bicyclic) bond motifs is 4. The van der Waals surface area contributed by atoms with Gasteiger partial charge in [-0.15, -0.1) is 0 Å². The van der Waals surface area contributed by atoms with Crippen LogP contribution in [0.3, 0.4) is 0 Å². The van der Waals surface area contributed by atoms with Crippen molar-refractivity contribution in [3.8, 4) is 67.3 Å². The topological polar surface area (TPSA) is 38.9 Å². The summed E-state index contributed by atoms with van der Waals surface area (Å²) in [6.45, 7) is 0. The third-order valence-electron chi connectivity index (χ3n) is 10.1. The SMILES string of the molecule is c1ccc(-c2ccc(-c3cc(-c4cc(-c5ccccc5)cc(-c5cccc6oc7ccccc7c56)c4)nc(-c4cccc5ccccc45)n3)cc2)cc1. The fourth-order valence-electron chi connectivity index (χ4n) is 7.49. The maximum absolute atomic E-state index is 6.32. The maximum Gasteiger partial charge on any atom is 0.161 e. The fraction of sp³-hybridized carbons (Fsp3) is 0. The second kappa shape index (κ2) is 12.9. The molecule has 8 aromatic carbocycles. The first-order chi connectivity index (χ1) is 26.2. The van der Waals surface area contributed by atoms with E-state index in [1.165, 1.54) is 11.1 Å². The quantitative estimate of drug-likeness (QED) is 0.176. The van der Waals surface area contributed by atoms with E-state index in [9.17, 15) is 0 Å². The molecule has 0 fully saturated rings. The average Bonchev–Trinajstić information content (AvgIpc) is 3.63. The lowest BCUT2D eigenvalue weighted by Gasteiger charge is -2.14. The second-order valence-electron chi connectivity index (χ2n) is 13.4. The number of aromatic nitrogens is 2. The van der Waals surface area contributed by atoms with Gasteiger partial charge < -0.3 is 4.42 Å². The number of benzene rings is 8. The number of hydrogen-bond acceptors (Lipinski definition) is 3. The zero-order valence-corrected chi connectivity index (χ0v) is 28.8. The highest BCUT2D eigenvalue weighted by Crippen LogP contribution is 2.40. The zero-order valence-electron chi connectivity index (χ0n) is 28.8. The summed E-state index contributed by atoms with van der Waals surface area (Å²) in [6, 6.07) is 68.0. The monoisotopic (exact) mass is 676 g/mol. The number of hydrogen-bond donors (Lipinski definition) is 0. The summed E-state index contributed by atoms with van der Waals surface area (Å²) < 4.78 is 6.32. The summed E-state index contributed by atoms with van der Waals surface area (Å²) >= 11 is 0. The Kier molecular flexibility index (Phi) is 7.47. The third kappa shape index (κ3) is 5.65. The molecule has 0 saturated carbocycles. The molecule has 0 aliphatic heterocycles. The Balaban J connectivity index is 1.21. The first-order valence-electron chi connectivity index (χ1n) is 17.9. The first-order valence-corrected chi connectivity index (χ1v) is 17.9. The summed E-state index contributed by atoms with van der Waals surface area (Å²) in [6.07, 6.45) is 0. The van der Waals surface area contributed by atoms with Gasteiger partial charge in [-0.3, -0.25) is 0 Å². The van der Waals surface area contributed by atoms with Crippen molar-refractivity contribution in [1.82, 2.24) is 9.97 Å². The molecule has 2 aromatic heterocycles. The molecule has 0 bridgehead atoms. The third-order valence-corrected chi connectivity index (χ3v) is 10.1. The highest BCUT2D eigenvalue weighted by Gasteiger charge is 2.17. The number of rotatable bonds is 6. The Morgan fingerprint density at radius 2 is 0.849 bits per heavy atom. The van der Waals surface area contributed by atoms with Crippen LogP contribution in [-0.2, 0) is 0 Å². The van der Waals surface area contributed by atoms with Crippen molar-refractivity contribution in [1.29, 1.82) is 0 Å². The molecule has 3 heteroatoms. The van der Waals surface area contributed by atoms with Crippen LogP contribution in [0.25, 0.3) is 100.0 Å². The van der Waals surface area contributed by atoms with Gasteiger partial charge in [0.15, 0.2) is 5.82 Å². The predicted octanol–water partition coefficient (Wildman–Crippen LogP) is 13.5. The molecular formula is C50H32N2O. The molecule has 53 heavy (non-hydrogen) atoms. The molecule has 2 heterocycles. The normalized spacial score (nSPS) is 11.4. The lowest BCUT2D eigenvalue weighted by atomic mass is 9.92. The van der Waals surface area contributed by atoms with Crippen molar-refractivity contribution in [3.05, 3.63) is 194 Å². The number of para-hydroxylation sites is 1. The molecule has 10 aromatic rings. The Morgan fingerprint density at radius 3 is 1.64 bits per heavy atom. The van der Waals surface area contributed by atoms with Crippen LogP contribution >= 0.6 is 0 Å². The molecule has 0 saturated heterocycles. The van der Waals surface area contributed by atoms with E-state index >= 15 is 0 Å². The van der Waals surface area contributed by atoms with Crippen LogP contribution in [-0.4, -0.2) is 9.97 Å². The van der Waals surface area contributed by atoms with E-state index in [0.717, 1.165) is 83.0 Å². The van der Waals surface area contributed by atoms with E-state index in [4.69, 9.17) is 14.4 Å². The Bertz CT molecular complexity index is 2920. The van der Waals surface area contributed by atoms with Gasteiger partial charge in [0.05, 0.1) is 11.4 Å². The smallest absolute Gasteiger partial charge is 0.161 e. The van der Waals surface area contributed by atoms with Gasteiger partial charge in [-0.1, -0.05) is 158 Å². The minimum Gasteiger partial charge on any atom is -0.456 e. The van der Waals surface area contributed by atoms with Crippen LogP contribution in [0.1, 0.15) is 0 Å². The molecule has 248 valence electrons. The van der Waals surface area contributed by atoms with Gasteiger partial charge in [-0.05, 0) is 80.6 Å². The van der Waals surface area contributed by atoms with E-state index in [1.807, 2.05) is 18.2 Å². The average molecular weight is 677 g/mol. The van der Waals surface area contributed by atoms with Gasteiger partial charge in [0.25, 0.3) is 0 Å². The summed E-state index contributed by atoms with van der Waals surface area (Å²) in [5.74, 6) is 0.691. The summed E-state index contributed by atoms with van der Waals surface area (Å²) in [4.78, 5) is 10.6. The summed E-state index contributed by atoms with van der Waals surface area (Å²) in [7, 11) is 0. The lowest BCUT2D eigenvalue weighted by Crippen LogP contribution is -1.97. The van der Waals surface area contributed by atoms with Gasteiger partial charge in [-0.25, -0.2) is 9.97 Å². The van der Waals surface area contributed by atoms with Gasteiger partial charge >= 0.3 is 0 Å². The first kappa shape index (κ1) is 30.7. The molecule has 10 rings (SSSR count). The van der Waals surface area contributed by atoms with Gasteiger partial charge in [-0.2, -0.15) is 0 Å². The largest absolute Gasteiger partial charge is 0.456 e.